The lowest BCUT2D eigenvalue weighted by Crippen LogP contribution is -1.86. The Labute approximate surface area is 173 Å². The number of ether oxygens (including phenoxy) is 1. The SMILES string of the molecule is c1ccc(Oc2cccc(-c3nc(-c4ccccc4)c(-c4cccs4)[nH]3)c2)cc1. The Balaban J connectivity index is 1.56. The van der Waals surface area contributed by atoms with Crippen LogP contribution >= 0.6 is 11.3 Å². The molecule has 0 spiro atoms. The molecule has 0 saturated heterocycles. The zero-order valence-corrected chi connectivity index (χ0v) is 16.4. The van der Waals surface area contributed by atoms with Crippen LogP contribution in [0.1, 0.15) is 0 Å². The molecule has 29 heavy (non-hydrogen) atoms. The summed E-state index contributed by atoms with van der Waals surface area (Å²) in [6, 6.07) is 32.2. The van der Waals surface area contributed by atoms with Crippen molar-refractivity contribution in [3.8, 4) is 44.7 Å². The monoisotopic (exact) mass is 394 g/mol. The van der Waals surface area contributed by atoms with Crippen molar-refractivity contribution in [2.45, 2.75) is 0 Å². The van der Waals surface area contributed by atoms with Crippen LogP contribution in [0.4, 0.5) is 0 Å². The van der Waals surface area contributed by atoms with Gasteiger partial charge in [-0.2, -0.15) is 0 Å². The summed E-state index contributed by atoms with van der Waals surface area (Å²) in [5, 5.41) is 2.08. The Morgan fingerprint density at radius 3 is 2.17 bits per heavy atom. The number of rotatable bonds is 5. The summed E-state index contributed by atoms with van der Waals surface area (Å²) in [5.41, 5.74) is 4.07. The number of nitrogens with zero attached hydrogens (tertiary/aromatic N) is 1. The second-order valence-corrected chi connectivity index (χ2v) is 7.54. The fourth-order valence-electron chi connectivity index (χ4n) is 3.25. The second-order valence-electron chi connectivity index (χ2n) is 6.60. The molecule has 0 aliphatic heterocycles. The molecule has 5 aromatic rings. The van der Waals surface area contributed by atoms with Crippen molar-refractivity contribution in [2.75, 3.05) is 0 Å². The van der Waals surface area contributed by atoms with Crippen LogP contribution in [0.15, 0.2) is 102 Å². The first-order valence-corrected chi connectivity index (χ1v) is 10.3. The van der Waals surface area contributed by atoms with Crippen molar-refractivity contribution in [3.63, 3.8) is 0 Å². The van der Waals surface area contributed by atoms with Gasteiger partial charge < -0.3 is 9.72 Å². The molecule has 0 saturated carbocycles. The predicted octanol–water partition coefficient (Wildman–Crippen LogP) is 7.26. The van der Waals surface area contributed by atoms with Gasteiger partial charge in [0.05, 0.1) is 16.3 Å². The summed E-state index contributed by atoms with van der Waals surface area (Å²) >= 11 is 1.70. The number of hydrogen-bond acceptors (Lipinski definition) is 3. The van der Waals surface area contributed by atoms with Gasteiger partial charge in [-0.05, 0) is 35.7 Å². The molecule has 1 N–H and O–H groups in total. The lowest BCUT2D eigenvalue weighted by Gasteiger charge is -2.06. The summed E-state index contributed by atoms with van der Waals surface area (Å²) in [7, 11) is 0. The fraction of sp³-hybridized carbons (Fsp3) is 0. The molecule has 0 atom stereocenters. The van der Waals surface area contributed by atoms with Gasteiger partial charge in [0.25, 0.3) is 0 Å². The van der Waals surface area contributed by atoms with E-state index in [9.17, 15) is 0 Å². The summed E-state index contributed by atoms with van der Waals surface area (Å²) < 4.78 is 5.99. The third-order valence-corrected chi connectivity index (χ3v) is 5.49. The molecule has 0 aliphatic carbocycles. The predicted molar refractivity (Wildman–Crippen MR) is 119 cm³/mol. The van der Waals surface area contributed by atoms with Crippen molar-refractivity contribution in [1.29, 1.82) is 0 Å². The molecule has 0 amide bonds. The normalized spacial score (nSPS) is 10.8. The highest BCUT2D eigenvalue weighted by Gasteiger charge is 2.16. The molecular formula is C25H18N2OS. The Kier molecular flexibility index (Phi) is 4.68. The minimum absolute atomic E-state index is 0.782. The van der Waals surface area contributed by atoms with Gasteiger partial charge in [0, 0.05) is 11.1 Å². The van der Waals surface area contributed by atoms with Crippen molar-refractivity contribution in [3.05, 3.63) is 102 Å². The Morgan fingerprint density at radius 2 is 1.41 bits per heavy atom. The number of aromatic amines is 1. The Morgan fingerprint density at radius 1 is 0.690 bits per heavy atom. The number of para-hydroxylation sites is 1. The van der Waals surface area contributed by atoms with Crippen molar-refractivity contribution >= 4 is 11.3 Å². The maximum Gasteiger partial charge on any atom is 0.138 e. The number of H-pyrrole nitrogens is 1. The second kappa shape index (κ2) is 7.78. The standard InChI is InChI=1S/C25H18N2OS/c1-3-9-18(10-4-1)23-24(22-15-8-16-29-22)27-25(26-23)19-11-7-14-21(17-19)28-20-12-5-2-6-13-20/h1-17H,(H,26,27). The Bertz CT molecular complexity index is 1210. The number of nitrogens with one attached hydrogen (secondary N) is 1. The summed E-state index contributed by atoms with van der Waals surface area (Å²) in [5.74, 6) is 2.42. The highest BCUT2D eigenvalue weighted by Crippen LogP contribution is 2.36. The first kappa shape index (κ1) is 17.5. The van der Waals surface area contributed by atoms with Crippen molar-refractivity contribution in [1.82, 2.24) is 9.97 Å². The first-order chi connectivity index (χ1) is 14.4. The zero-order valence-electron chi connectivity index (χ0n) is 15.6. The number of thiophene rings is 1. The van der Waals surface area contributed by atoms with Gasteiger partial charge in [-0.25, -0.2) is 4.98 Å². The van der Waals surface area contributed by atoms with E-state index >= 15 is 0 Å². The van der Waals surface area contributed by atoms with Gasteiger partial charge in [-0.1, -0.05) is 66.7 Å². The van der Waals surface area contributed by atoms with E-state index in [2.05, 4.69) is 34.6 Å². The zero-order chi connectivity index (χ0) is 19.5. The van der Waals surface area contributed by atoms with Crippen LogP contribution in [0.5, 0.6) is 11.5 Å². The summed E-state index contributed by atoms with van der Waals surface area (Å²) in [6.45, 7) is 0. The molecule has 5 rings (SSSR count). The highest BCUT2D eigenvalue weighted by atomic mass is 32.1. The van der Waals surface area contributed by atoms with Gasteiger partial charge in [0.2, 0.25) is 0 Å². The molecule has 140 valence electrons. The van der Waals surface area contributed by atoms with Gasteiger partial charge >= 0.3 is 0 Å². The number of imidazole rings is 1. The fourth-order valence-corrected chi connectivity index (χ4v) is 3.97. The minimum Gasteiger partial charge on any atom is -0.457 e. The first-order valence-electron chi connectivity index (χ1n) is 9.39. The number of aromatic nitrogens is 2. The van der Waals surface area contributed by atoms with Gasteiger partial charge in [0.15, 0.2) is 0 Å². The molecule has 0 unspecified atom stereocenters. The molecular weight excluding hydrogens is 376 g/mol. The lowest BCUT2D eigenvalue weighted by molar-refractivity contribution is 0.483. The van der Waals surface area contributed by atoms with Crippen LogP contribution < -0.4 is 4.74 Å². The number of hydrogen-bond donors (Lipinski definition) is 1. The Hall–Kier alpha value is -3.63. The maximum atomic E-state index is 5.99. The molecule has 0 aliphatic rings. The molecule has 0 fully saturated rings. The number of benzene rings is 3. The van der Waals surface area contributed by atoms with E-state index in [-0.39, 0.29) is 0 Å². The van der Waals surface area contributed by atoms with Crippen LogP contribution in [-0.2, 0) is 0 Å². The smallest absolute Gasteiger partial charge is 0.138 e. The van der Waals surface area contributed by atoms with Crippen molar-refractivity contribution < 1.29 is 4.74 Å². The van der Waals surface area contributed by atoms with Crippen LogP contribution in [0.25, 0.3) is 33.2 Å². The van der Waals surface area contributed by atoms with Gasteiger partial charge in [-0.3, -0.25) is 0 Å². The summed E-state index contributed by atoms with van der Waals surface area (Å²) in [4.78, 5) is 9.65. The quantitative estimate of drug-likeness (QED) is 0.340. The van der Waals surface area contributed by atoms with E-state index in [1.165, 1.54) is 4.88 Å². The average Bonchev–Trinajstić information content (AvgIpc) is 3.45. The lowest BCUT2D eigenvalue weighted by atomic mass is 10.1. The van der Waals surface area contributed by atoms with E-state index in [1.807, 2.05) is 72.8 Å². The summed E-state index contributed by atoms with van der Waals surface area (Å²) in [6.07, 6.45) is 0. The van der Waals surface area contributed by atoms with Crippen LogP contribution in [0, 0.1) is 0 Å². The van der Waals surface area contributed by atoms with E-state index in [4.69, 9.17) is 9.72 Å². The third-order valence-electron chi connectivity index (χ3n) is 4.60. The molecule has 3 aromatic carbocycles. The highest BCUT2D eigenvalue weighted by molar-refractivity contribution is 7.13. The minimum atomic E-state index is 0.782. The molecule has 3 nitrogen and oxygen atoms in total. The van der Waals surface area contributed by atoms with Crippen LogP contribution in [-0.4, -0.2) is 9.97 Å². The largest absolute Gasteiger partial charge is 0.457 e. The van der Waals surface area contributed by atoms with Gasteiger partial charge in [-0.15, -0.1) is 11.3 Å². The van der Waals surface area contributed by atoms with Gasteiger partial charge in [0.1, 0.15) is 17.3 Å². The van der Waals surface area contributed by atoms with Crippen LogP contribution in [0.3, 0.4) is 0 Å². The topological polar surface area (TPSA) is 37.9 Å². The van der Waals surface area contributed by atoms with Crippen molar-refractivity contribution in [2.24, 2.45) is 0 Å². The van der Waals surface area contributed by atoms with E-state index in [1.54, 1.807) is 11.3 Å². The molecule has 0 bridgehead atoms. The van der Waals surface area contributed by atoms with E-state index in [0.29, 0.717) is 0 Å². The van der Waals surface area contributed by atoms with E-state index in [0.717, 1.165) is 39.8 Å². The average molecular weight is 394 g/mol. The molecule has 4 heteroatoms. The molecule has 2 heterocycles. The molecule has 0 radical (unpaired) electrons. The maximum absolute atomic E-state index is 5.99. The third kappa shape index (κ3) is 3.71. The van der Waals surface area contributed by atoms with E-state index < -0.39 is 0 Å². The van der Waals surface area contributed by atoms with Crippen LogP contribution in [0.2, 0.25) is 0 Å². The molecule has 2 aromatic heterocycles.